The fourth-order valence-electron chi connectivity index (χ4n) is 2.16. The number of anilines is 1. The highest BCUT2D eigenvalue weighted by atomic mass is 16.3. The quantitative estimate of drug-likeness (QED) is 0.630. The molecule has 0 fully saturated rings. The molecule has 0 saturated carbocycles. The summed E-state index contributed by atoms with van der Waals surface area (Å²) in [5, 5.41) is 12.2. The van der Waals surface area contributed by atoms with Gasteiger partial charge in [0, 0.05) is 25.6 Å². The van der Waals surface area contributed by atoms with Crippen LogP contribution >= 0.6 is 0 Å². The van der Waals surface area contributed by atoms with Crippen molar-refractivity contribution in [3.63, 3.8) is 0 Å². The zero-order chi connectivity index (χ0) is 17.5. The maximum atomic E-state index is 12.3. The van der Waals surface area contributed by atoms with E-state index in [2.05, 4.69) is 5.32 Å². The summed E-state index contributed by atoms with van der Waals surface area (Å²) in [7, 11) is 1.57. The van der Waals surface area contributed by atoms with Crippen molar-refractivity contribution in [2.75, 3.05) is 18.9 Å². The van der Waals surface area contributed by atoms with Crippen molar-refractivity contribution in [2.45, 2.75) is 6.42 Å². The zero-order valence-corrected chi connectivity index (χ0v) is 13.2. The third kappa shape index (κ3) is 4.19. The van der Waals surface area contributed by atoms with Crippen LogP contribution in [-0.4, -0.2) is 41.7 Å². The second-order valence-electron chi connectivity index (χ2n) is 5.25. The average Bonchev–Trinajstić information content (AvgIpc) is 2.61. The van der Waals surface area contributed by atoms with Crippen LogP contribution in [0.3, 0.4) is 0 Å². The summed E-state index contributed by atoms with van der Waals surface area (Å²) in [5.74, 6) is -0.664. The summed E-state index contributed by atoms with van der Waals surface area (Å²) in [6, 6.07) is 12.9. The molecule has 2 aromatic carbocycles. The fraction of sp³-hybridized carbons (Fsp3) is 0.167. The Bertz CT molecular complexity index is 758. The topological polar surface area (TPSA) is 86.7 Å². The summed E-state index contributed by atoms with van der Waals surface area (Å²) in [6.07, 6.45) is 0.700. The molecule has 0 radical (unpaired) electrons. The molecule has 0 aliphatic carbocycles. The maximum absolute atomic E-state index is 12.3. The van der Waals surface area contributed by atoms with E-state index in [9.17, 15) is 19.5 Å². The van der Waals surface area contributed by atoms with Crippen LogP contribution in [0.1, 0.15) is 27.1 Å². The number of aldehydes is 1. The van der Waals surface area contributed by atoms with Gasteiger partial charge in [0.1, 0.15) is 5.75 Å². The highest BCUT2D eigenvalue weighted by Crippen LogP contribution is 2.21. The van der Waals surface area contributed by atoms with E-state index in [0.717, 1.165) is 0 Å². The van der Waals surface area contributed by atoms with Gasteiger partial charge in [-0.1, -0.05) is 30.3 Å². The van der Waals surface area contributed by atoms with Crippen LogP contribution in [-0.2, 0) is 4.79 Å². The standard InChI is InChI=1S/C18H18N2O4/c1-20(18(24)14-7-3-2-6-13(14)12-21)11-10-17(23)19-15-8-4-5-9-16(15)22/h2-9,12,22H,10-11H2,1H3,(H,19,23). The first-order valence-corrected chi connectivity index (χ1v) is 7.40. The Labute approximate surface area is 139 Å². The predicted molar refractivity (Wildman–Crippen MR) is 90.1 cm³/mol. The molecular formula is C18H18N2O4. The smallest absolute Gasteiger partial charge is 0.254 e. The second kappa shape index (κ2) is 7.92. The minimum atomic E-state index is -0.326. The molecule has 0 spiro atoms. The average molecular weight is 326 g/mol. The molecule has 2 rings (SSSR count). The molecule has 0 aliphatic rings. The van der Waals surface area contributed by atoms with Crippen molar-refractivity contribution in [2.24, 2.45) is 0 Å². The molecular weight excluding hydrogens is 308 g/mol. The maximum Gasteiger partial charge on any atom is 0.254 e. The normalized spacial score (nSPS) is 10.0. The first-order valence-electron chi connectivity index (χ1n) is 7.40. The molecule has 124 valence electrons. The first kappa shape index (κ1) is 17.2. The van der Waals surface area contributed by atoms with Gasteiger partial charge in [-0.05, 0) is 18.2 Å². The van der Waals surface area contributed by atoms with Crippen LogP contribution in [0.15, 0.2) is 48.5 Å². The van der Waals surface area contributed by atoms with E-state index in [1.165, 1.54) is 11.0 Å². The van der Waals surface area contributed by atoms with Crippen molar-refractivity contribution >= 4 is 23.8 Å². The van der Waals surface area contributed by atoms with E-state index in [-0.39, 0.29) is 30.5 Å². The third-order valence-corrected chi connectivity index (χ3v) is 3.52. The number of benzene rings is 2. The Balaban J connectivity index is 1.94. The molecule has 0 saturated heterocycles. The number of hydrogen-bond donors (Lipinski definition) is 2. The van der Waals surface area contributed by atoms with Gasteiger partial charge in [-0.25, -0.2) is 0 Å². The number of nitrogens with one attached hydrogen (secondary N) is 1. The molecule has 0 aliphatic heterocycles. The van der Waals surface area contributed by atoms with Crippen LogP contribution in [0.25, 0.3) is 0 Å². The molecule has 0 unspecified atom stereocenters. The Morgan fingerprint density at radius 3 is 2.50 bits per heavy atom. The van der Waals surface area contributed by atoms with Crippen LogP contribution in [0.4, 0.5) is 5.69 Å². The molecule has 0 atom stereocenters. The van der Waals surface area contributed by atoms with E-state index in [1.807, 2.05) is 0 Å². The van der Waals surface area contributed by atoms with Crippen molar-refractivity contribution in [3.8, 4) is 5.75 Å². The molecule has 6 nitrogen and oxygen atoms in total. The second-order valence-corrected chi connectivity index (χ2v) is 5.25. The monoisotopic (exact) mass is 326 g/mol. The Morgan fingerprint density at radius 2 is 1.79 bits per heavy atom. The Kier molecular flexibility index (Phi) is 5.68. The largest absolute Gasteiger partial charge is 0.506 e. The summed E-state index contributed by atoms with van der Waals surface area (Å²) in [6.45, 7) is 0.186. The van der Waals surface area contributed by atoms with Gasteiger partial charge >= 0.3 is 0 Å². The van der Waals surface area contributed by atoms with Crippen molar-refractivity contribution < 1.29 is 19.5 Å². The van der Waals surface area contributed by atoms with Crippen LogP contribution in [0.5, 0.6) is 5.75 Å². The van der Waals surface area contributed by atoms with Crippen molar-refractivity contribution in [1.29, 1.82) is 0 Å². The predicted octanol–water partition coefficient (Wildman–Crippen LogP) is 2.31. The van der Waals surface area contributed by atoms with Gasteiger partial charge in [-0.3, -0.25) is 14.4 Å². The SMILES string of the molecule is CN(CCC(=O)Nc1ccccc1O)C(=O)c1ccccc1C=O. The number of hydrogen-bond acceptors (Lipinski definition) is 4. The molecule has 6 heteroatoms. The molecule has 0 heterocycles. The summed E-state index contributed by atoms with van der Waals surface area (Å²) in [5.41, 5.74) is 0.937. The number of nitrogens with zero attached hydrogens (tertiary/aromatic N) is 1. The van der Waals surface area contributed by atoms with Gasteiger partial charge < -0.3 is 15.3 Å². The van der Waals surface area contributed by atoms with Gasteiger partial charge in [0.15, 0.2) is 6.29 Å². The Morgan fingerprint density at radius 1 is 1.12 bits per heavy atom. The van der Waals surface area contributed by atoms with Crippen LogP contribution in [0.2, 0.25) is 0 Å². The van der Waals surface area contributed by atoms with Crippen LogP contribution < -0.4 is 5.32 Å². The van der Waals surface area contributed by atoms with Crippen molar-refractivity contribution in [1.82, 2.24) is 4.90 Å². The number of phenols is 1. The lowest BCUT2D eigenvalue weighted by Gasteiger charge is -2.18. The Hall–Kier alpha value is -3.15. The molecule has 2 amide bonds. The number of carbonyl (C=O) groups excluding carboxylic acids is 3. The zero-order valence-electron chi connectivity index (χ0n) is 13.2. The number of carbonyl (C=O) groups is 3. The minimum Gasteiger partial charge on any atom is -0.506 e. The number of rotatable bonds is 6. The number of aromatic hydroxyl groups is 1. The molecule has 24 heavy (non-hydrogen) atoms. The van der Waals surface area contributed by atoms with Crippen LogP contribution in [0, 0.1) is 0 Å². The molecule has 2 aromatic rings. The lowest BCUT2D eigenvalue weighted by molar-refractivity contribution is -0.116. The van der Waals surface area contributed by atoms with Gasteiger partial charge in [-0.2, -0.15) is 0 Å². The number of phenolic OH excluding ortho intramolecular Hbond substituents is 1. The fourth-order valence-corrected chi connectivity index (χ4v) is 2.16. The highest BCUT2D eigenvalue weighted by molar-refractivity contribution is 6.01. The lowest BCUT2D eigenvalue weighted by Crippen LogP contribution is -2.30. The van der Waals surface area contributed by atoms with E-state index in [1.54, 1.807) is 49.5 Å². The van der Waals surface area contributed by atoms with E-state index >= 15 is 0 Å². The summed E-state index contributed by atoms with van der Waals surface area (Å²) >= 11 is 0. The number of para-hydroxylation sites is 2. The van der Waals surface area contributed by atoms with E-state index < -0.39 is 0 Å². The summed E-state index contributed by atoms with van der Waals surface area (Å²) < 4.78 is 0. The minimum absolute atomic E-state index is 0.0183. The summed E-state index contributed by atoms with van der Waals surface area (Å²) in [4.78, 5) is 36.7. The highest BCUT2D eigenvalue weighted by Gasteiger charge is 2.16. The van der Waals surface area contributed by atoms with E-state index in [0.29, 0.717) is 23.1 Å². The molecule has 0 aromatic heterocycles. The molecule has 2 N–H and O–H groups in total. The molecule has 0 bridgehead atoms. The lowest BCUT2D eigenvalue weighted by atomic mass is 10.1. The van der Waals surface area contributed by atoms with Gasteiger partial charge in [0.2, 0.25) is 5.91 Å². The van der Waals surface area contributed by atoms with Gasteiger partial charge in [0.05, 0.1) is 11.3 Å². The van der Waals surface area contributed by atoms with E-state index in [4.69, 9.17) is 0 Å². The van der Waals surface area contributed by atoms with Gasteiger partial charge in [0.25, 0.3) is 5.91 Å². The first-order chi connectivity index (χ1) is 11.5. The number of amides is 2. The van der Waals surface area contributed by atoms with Gasteiger partial charge in [-0.15, -0.1) is 0 Å². The van der Waals surface area contributed by atoms with Crippen molar-refractivity contribution in [3.05, 3.63) is 59.7 Å². The third-order valence-electron chi connectivity index (χ3n) is 3.52.